The molecule has 21 heavy (non-hydrogen) atoms. The minimum absolute atomic E-state index is 0.00670. The van der Waals surface area contributed by atoms with Crippen molar-refractivity contribution in [3.8, 4) is 0 Å². The van der Waals surface area contributed by atoms with Crippen LogP contribution in [0.15, 0.2) is 35.4 Å². The lowest BCUT2D eigenvalue weighted by Crippen LogP contribution is -2.08. The van der Waals surface area contributed by atoms with Crippen LogP contribution in [0.2, 0.25) is 0 Å². The molecule has 1 aromatic heterocycles. The van der Waals surface area contributed by atoms with Crippen LogP contribution in [0.4, 0.5) is 5.69 Å². The van der Waals surface area contributed by atoms with Gasteiger partial charge in [-0.2, -0.15) is 5.10 Å². The van der Waals surface area contributed by atoms with Gasteiger partial charge in [0.25, 0.3) is 5.69 Å². The molecule has 1 N–H and O–H groups in total. The average Bonchev–Trinajstić information content (AvgIpc) is 2.80. The van der Waals surface area contributed by atoms with Gasteiger partial charge < -0.3 is 5.11 Å². The van der Waals surface area contributed by atoms with Gasteiger partial charge in [-0.15, -0.1) is 0 Å². The molecule has 110 valence electrons. The Labute approximate surface area is 121 Å². The summed E-state index contributed by atoms with van der Waals surface area (Å²) in [6, 6.07) is 5.30. The van der Waals surface area contributed by atoms with E-state index in [-0.39, 0.29) is 17.0 Å². The SMILES string of the molecule is Cn1ncc(C(=O)O)c1CS(=O)c1ccc([N+](=O)[O-])cc1. The molecule has 0 bridgehead atoms. The van der Waals surface area contributed by atoms with E-state index in [1.54, 1.807) is 7.05 Å². The Morgan fingerprint density at radius 2 is 2.05 bits per heavy atom. The van der Waals surface area contributed by atoms with Crippen molar-refractivity contribution in [3.05, 3.63) is 51.8 Å². The second-order valence-corrected chi connectivity index (χ2v) is 5.63. The maximum absolute atomic E-state index is 12.2. The molecule has 8 nitrogen and oxygen atoms in total. The fourth-order valence-corrected chi connectivity index (χ4v) is 2.94. The topological polar surface area (TPSA) is 115 Å². The Balaban J connectivity index is 2.24. The zero-order valence-electron chi connectivity index (χ0n) is 10.9. The van der Waals surface area contributed by atoms with Crippen molar-refractivity contribution in [1.29, 1.82) is 0 Å². The second-order valence-electron chi connectivity index (χ2n) is 4.17. The van der Waals surface area contributed by atoms with Crippen molar-refractivity contribution in [2.75, 3.05) is 0 Å². The largest absolute Gasteiger partial charge is 0.478 e. The molecule has 0 aliphatic heterocycles. The molecule has 0 saturated heterocycles. The number of nitro groups is 1. The third-order valence-electron chi connectivity index (χ3n) is 2.87. The van der Waals surface area contributed by atoms with E-state index in [1.807, 2.05) is 0 Å². The highest BCUT2D eigenvalue weighted by Gasteiger charge is 2.18. The number of nitro benzene ring substituents is 1. The molecule has 1 aromatic carbocycles. The van der Waals surface area contributed by atoms with Crippen LogP contribution in [0.25, 0.3) is 0 Å². The zero-order chi connectivity index (χ0) is 15.6. The van der Waals surface area contributed by atoms with Gasteiger partial charge in [0.2, 0.25) is 0 Å². The van der Waals surface area contributed by atoms with E-state index in [9.17, 15) is 19.1 Å². The van der Waals surface area contributed by atoms with E-state index >= 15 is 0 Å². The summed E-state index contributed by atoms with van der Waals surface area (Å²) in [4.78, 5) is 21.4. The minimum Gasteiger partial charge on any atom is -0.478 e. The summed E-state index contributed by atoms with van der Waals surface area (Å²) < 4.78 is 13.6. The highest BCUT2D eigenvalue weighted by atomic mass is 32.2. The fourth-order valence-electron chi connectivity index (χ4n) is 1.74. The van der Waals surface area contributed by atoms with Gasteiger partial charge in [-0.05, 0) is 12.1 Å². The molecule has 2 aromatic rings. The first kappa shape index (κ1) is 14.9. The quantitative estimate of drug-likeness (QED) is 0.658. The van der Waals surface area contributed by atoms with Gasteiger partial charge >= 0.3 is 5.97 Å². The molecule has 0 aliphatic rings. The van der Waals surface area contributed by atoms with Crippen LogP contribution in [-0.2, 0) is 23.6 Å². The Morgan fingerprint density at radius 3 is 2.57 bits per heavy atom. The Kier molecular flexibility index (Phi) is 4.13. The van der Waals surface area contributed by atoms with Crippen LogP contribution in [0, 0.1) is 10.1 Å². The van der Waals surface area contributed by atoms with Crippen LogP contribution in [0.5, 0.6) is 0 Å². The summed E-state index contributed by atoms with van der Waals surface area (Å²) in [5.74, 6) is -1.17. The summed E-state index contributed by atoms with van der Waals surface area (Å²) in [5.41, 5.74) is 0.231. The summed E-state index contributed by atoms with van der Waals surface area (Å²) in [5, 5.41) is 23.4. The van der Waals surface area contributed by atoms with Crippen LogP contribution >= 0.6 is 0 Å². The molecule has 1 atom stereocenters. The van der Waals surface area contributed by atoms with Gasteiger partial charge in [-0.25, -0.2) is 4.79 Å². The van der Waals surface area contributed by atoms with Crippen LogP contribution in [0.1, 0.15) is 16.1 Å². The first-order valence-corrected chi connectivity index (χ1v) is 7.09. The number of aromatic nitrogens is 2. The number of aromatic carboxylic acids is 1. The molecule has 0 spiro atoms. The number of rotatable bonds is 5. The monoisotopic (exact) mass is 309 g/mol. The molecule has 9 heteroatoms. The van der Waals surface area contributed by atoms with Gasteiger partial charge in [-0.1, -0.05) is 0 Å². The first-order chi connectivity index (χ1) is 9.90. The standard InChI is InChI=1S/C12H11N3O5S/c1-14-11(10(6-13-14)12(16)17)7-21(20)9-4-2-8(3-5-9)15(18)19/h2-6H,7H2,1H3,(H,16,17). The Hall–Kier alpha value is -2.55. The zero-order valence-corrected chi connectivity index (χ0v) is 11.7. The molecule has 0 aliphatic carbocycles. The number of carboxylic acid groups (broad SMARTS) is 1. The van der Waals surface area contributed by atoms with E-state index < -0.39 is 21.7 Å². The minimum atomic E-state index is -1.52. The molecule has 0 radical (unpaired) electrons. The summed E-state index contributed by atoms with van der Waals surface area (Å²) in [7, 11) is 0.0462. The van der Waals surface area contributed by atoms with E-state index in [2.05, 4.69) is 5.10 Å². The lowest BCUT2D eigenvalue weighted by atomic mass is 10.3. The molecular formula is C12H11N3O5S. The highest BCUT2D eigenvalue weighted by molar-refractivity contribution is 7.84. The van der Waals surface area contributed by atoms with Crippen molar-refractivity contribution in [3.63, 3.8) is 0 Å². The third kappa shape index (κ3) is 3.14. The first-order valence-electron chi connectivity index (χ1n) is 5.77. The van der Waals surface area contributed by atoms with Gasteiger partial charge in [0.05, 0.1) is 33.4 Å². The van der Waals surface area contributed by atoms with Crippen molar-refractivity contribution in [2.24, 2.45) is 7.05 Å². The number of nitrogens with zero attached hydrogens (tertiary/aromatic N) is 3. The van der Waals surface area contributed by atoms with E-state index in [0.29, 0.717) is 10.6 Å². The lowest BCUT2D eigenvalue weighted by Gasteiger charge is -2.04. The Morgan fingerprint density at radius 1 is 1.43 bits per heavy atom. The average molecular weight is 309 g/mol. The molecule has 2 rings (SSSR count). The van der Waals surface area contributed by atoms with Crippen LogP contribution in [0.3, 0.4) is 0 Å². The molecule has 1 unspecified atom stereocenters. The summed E-state index contributed by atoms with van der Waals surface area (Å²) in [6.45, 7) is 0. The van der Waals surface area contributed by atoms with Gasteiger partial charge in [0, 0.05) is 24.1 Å². The fraction of sp³-hybridized carbons (Fsp3) is 0.167. The van der Waals surface area contributed by atoms with Gasteiger partial charge in [0.1, 0.15) is 5.56 Å². The maximum atomic E-state index is 12.2. The highest BCUT2D eigenvalue weighted by Crippen LogP contribution is 2.18. The van der Waals surface area contributed by atoms with Crippen molar-refractivity contribution < 1.29 is 19.0 Å². The van der Waals surface area contributed by atoms with Crippen LogP contribution in [-0.4, -0.2) is 30.0 Å². The molecule has 1 heterocycles. The molecule has 0 saturated carbocycles. The van der Waals surface area contributed by atoms with Gasteiger partial charge in [0.15, 0.2) is 0 Å². The molecule has 0 fully saturated rings. The van der Waals surface area contributed by atoms with Crippen molar-refractivity contribution >= 4 is 22.5 Å². The third-order valence-corrected chi connectivity index (χ3v) is 4.20. The smallest absolute Gasteiger partial charge is 0.339 e. The number of hydrogen-bond acceptors (Lipinski definition) is 5. The van der Waals surface area contributed by atoms with Crippen molar-refractivity contribution in [1.82, 2.24) is 9.78 Å². The van der Waals surface area contributed by atoms with E-state index in [1.165, 1.54) is 35.1 Å². The number of carbonyl (C=O) groups is 1. The normalized spacial score (nSPS) is 12.0. The maximum Gasteiger partial charge on any atom is 0.339 e. The lowest BCUT2D eigenvalue weighted by molar-refractivity contribution is -0.384. The molecule has 0 amide bonds. The number of benzene rings is 1. The second kappa shape index (κ2) is 5.83. The number of non-ortho nitro benzene ring substituents is 1. The van der Waals surface area contributed by atoms with Gasteiger partial charge in [-0.3, -0.25) is 19.0 Å². The predicted octanol–water partition coefficient (Wildman–Crippen LogP) is 1.33. The summed E-state index contributed by atoms with van der Waals surface area (Å²) in [6.07, 6.45) is 1.20. The molecular weight excluding hydrogens is 298 g/mol. The Bertz CT molecular complexity index is 723. The van der Waals surface area contributed by atoms with Crippen LogP contribution < -0.4 is 0 Å². The van der Waals surface area contributed by atoms with Crippen molar-refractivity contribution in [2.45, 2.75) is 10.6 Å². The summed E-state index contributed by atoms with van der Waals surface area (Å²) >= 11 is 0. The number of hydrogen-bond donors (Lipinski definition) is 1. The van der Waals surface area contributed by atoms with E-state index in [4.69, 9.17) is 5.11 Å². The predicted molar refractivity (Wildman–Crippen MR) is 73.4 cm³/mol. The number of carboxylic acids is 1. The van der Waals surface area contributed by atoms with E-state index in [0.717, 1.165) is 0 Å². The number of aryl methyl sites for hydroxylation is 1.